The zero-order valence-electron chi connectivity index (χ0n) is 10.6. The van der Waals surface area contributed by atoms with E-state index < -0.39 is 0 Å². The van der Waals surface area contributed by atoms with Crippen LogP contribution in [-0.2, 0) is 4.74 Å². The summed E-state index contributed by atoms with van der Waals surface area (Å²) in [5, 5.41) is 0.434. The molecule has 0 atom stereocenters. The second-order valence-electron chi connectivity index (χ2n) is 3.61. The summed E-state index contributed by atoms with van der Waals surface area (Å²) in [6.07, 6.45) is 1.65. The topological polar surface area (TPSA) is 44.8 Å². The second kappa shape index (κ2) is 7.95. The van der Waals surface area contributed by atoms with Crippen LogP contribution in [-0.4, -0.2) is 33.2 Å². The maximum atomic E-state index is 11.0. The average Bonchev–Trinajstić information content (AvgIpc) is 2.39. The SMILES string of the molecule is CCCOCCOc1c(C=O)cc(Cl)cc1OC. The molecule has 0 saturated heterocycles. The fraction of sp³-hybridized carbons (Fsp3) is 0.462. The Morgan fingerprint density at radius 1 is 1.28 bits per heavy atom. The monoisotopic (exact) mass is 272 g/mol. The molecule has 0 aliphatic carbocycles. The molecule has 1 aromatic carbocycles. The third kappa shape index (κ3) is 4.20. The molecule has 0 unspecified atom stereocenters. The molecule has 4 nitrogen and oxygen atoms in total. The first-order chi connectivity index (χ1) is 8.72. The molecule has 1 aromatic rings. The van der Waals surface area contributed by atoms with Crippen molar-refractivity contribution in [1.29, 1.82) is 0 Å². The van der Waals surface area contributed by atoms with Gasteiger partial charge in [-0.15, -0.1) is 0 Å². The van der Waals surface area contributed by atoms with E-state index in [9.17, 15) is 4.79 Å². The Balaban J connectivity index is 2.70. The molecule has 0 saturated carbocycles. The van der Waals surface area contributed by atoms with Gasteiger partial charge < -0.3 is 14.2 Å². The number of ether oxygens (including phenoxy) is 3. The van der Waals surface area contributed by atoms with Gasteiger partial charge in [0.15, 0.2) is 17.8 Å². The summed E-state index contributed by atoms with van der Waals surface area (Å²) in [4.78, 5) is 11.0. The van der Waals surface area contributed by atoms with Crippen molar-refractivity contribution in [3.63, 3.8) is 0 Å². The van der Waals surface area contributed by atoms with E-state index in [1.165, 1.54) is 7.11 Å². The van der Waals surface area contributed by atoms with Crippen LogP contribution in [0.15, 0.2) is 12.1 Å². The number of benzene rings is 1. The minimum Gasteiger partial charge on any atom is -0.493 e. The van der Waals surface area contributed by atoms with Gasteiger partial charge in [0.25, 0.3) is 0 Å². The van der Waals surface area contributed by atoms with E-state index >= 15 is 0 Å². The summed E-state index contributed by atoms with van der Waals surface area (Å²) in [5.41, 5.74) is 0.370. The van der Waals surface area contributed by atoms with Crippen LogP contribution in [0.1, 0.15) is 23.7 Å². The Kier molecular flexibility index (Phi) is 6.54. The lowest BCUT2D eigenvalue weighted by atomic mass is 10.2. The molecule has 0 N–H and O–H groups in total. The first-order valence-corrected chi connectivity index (χ1v) is 6.14. The molecule has 0 aromatic heterocycles. The normalized spacial score (nSPS) is 10.2. The maximum absolute atomic E-state index is 11.0. The summed E-state index contributed by atoms with van der Waals surface area (Å²) >= 11 is 5.86. The predicted octanol–water partition coefficient (Wildman–Crippen LogP) is 2.97. The van der Waals surface area contributed by atoms with Gasteiger partial charge in [-0.25, -0.2) is 0 Å². The number of rotatable bonds is 8. The number of carbonyl (C=O) groups is 1. The number of aldehydes is 1. The number of halogens is 1. The van der Waals surface area contributed by atoms with Crippen molar-refractivity contribution in [3.05, 3.63) is 22.7 Å². The highest BCUT2D eigenvalue weighted by atomic mass is 35.5. The molecule has 0 aliphatic heterocycles. The molecule has 0 radical (unpaired) electrons. The lowest BCUT2D eigenvalue weighted by Crippen LogP contribution is -2.09. The highest BCUT2D eigenvalue weighted by Gasteiger charge is 2.12. The molecule has 0 aliphatic rings. The molecular formula is C13H17ClO4. The van der Waals surface area contributed by atoms with Crippen molar-refractivity contribution < 1.29 is 19.0 Å². The van der Waals surface area contributed by atoms with Gasteiger partial charge >= 0.3 is 0 Å². The average molecular weight is 273 g/mol. The van der Waals surface area contributed by atoms with Crippen LogP contribution in [0, 0.1) is 0 Å². The Hall–Kier alpha value is -1.26. The Morgan fingerprint density at radius 2 is 2.06 bits per heavy atom. The van der Waals surface area contributed by atoms with Crippen LogP contribution in [0.4, 0.5) is 0 Å². The van der Waals surface area contributed by atoms with Gasteiger partial charge in [-0.3, -0.25) is 4.79 Å². The van der Waals surface area contributed by atoms with E-state index in [2.05, 4.69) is 0 Å². The van der Waals surface area contributed by atoms with Gasteiger partial charge in [0.05, 0.1) is 19.3 Å². The van der Waals surface area contributed by atoms with Gasteiger partial charge in [0.2, 0.25) is 0 Å². The van der Waals surface area contributed by atoms with Crippen LogP contribution in [0.3, 0.4) is 0 Å². The molecule has 18 heavy (non-hydrogen) atoms. The first-order valence-electron chi connectivity index (χ1n) is 5.76. The van der Waals surface area contributed by atoms with E-state index in [4.69, 9.17) is 25.8 Å². The predicted molar refractivity (Wildman–Crippen MR) is 70.0 cm³/mol. The third-order valence-electron chi connectivity index (χ3n) is 2.22. The lowest BCUT2D eigenvalue weighted by Gasteiger charge is -2.13. The number of carbonyl (C=O) groups excluding carboxylic acids is 1. The largest absolute Gasteiger partial charge is 0.493 e. The van der Waals surface area contributed by atoms with Crippen molar-refractivity contribution >= 4 is 17.9 Å². The summed E-state index contributed by atoms with van der Waals surface area (Å²) in [6, 6.07) is 3.15. The van der Waals surface area contributed by atoms with Crippen molar-refractivity contribution in [1.82, 2.24) is 0 Å². The number of hydrogen-bond acceptors (Lipinski definition) is 4. The Labute approximate surface area is 112 Å². The smallest absolute Gasteiger partial charge is 0.171 e. The Morgan fingerprint density at radius 3 is 2.67 bits per heavy atom. The zero-order valence-corrected chi connectivity index (χ0v) is 11.3. The molecule has 0 fully saturated rings. The Bertz CT molecular complexity index is 393. The molecule has 0 bridgehead atoms. The van der Waals surface area contributed by atoms with Crippen molar-refractivity contribution in [2.24, 2.45) is 0 Å². The van der Waals surface area contributed by atoms with Crippen LogP contribution >= 0.6 is 11.6 Å². The van der Waals surface area contributed by atoms with Gasteiger partial charge in [-0.2, -0.15) is 0 Å². The van der Waals surface area contributed by atoms with Crippen LogP contribution in [0.25, 0.3) is 0 Å². The summed E-state index contributed by atoms with van der Waals surface area (Å²) in [5.74, 6) is 0.845. The fourth-order valence-corrected chi connectivity index (χ4v) is 1.65. The van der Waals surface area contributed by atoms with Gasteiger partial charge in [-0.1, -0.05) is 18.5 Å². The van der Waals surface area contributed by atoms with Crippen molar-refractivity contribution in [2.45, 2.75) is 13.3 Å². The van der Waals surface area contributed by atoms with Crippen LogP contribution in [0.2, 0.25) is 5.02 Å². The highest BCUT2D eigenvalue weighted by Crippen LogP contribution is 2.33. The highest BCUT2D eigenvalue weighted by molar-refractivity contribution is 6.31. The van der Waals surface area contributed by atoms with Crippen LogP contribution in [0.5, 0.6) is 11.5 Å². The minimum atomic E-state index is 0.360. The van der Waals surface area contributed by atoms with E-state index in [1.54, 1.807) is 12.1 Å². The van der Waals surface area contributed by atoms with Gasteiger partial charge in [-0.05, 0) is 12.5 Å². The van der Waals surface area contributed by atoms with Crippen LogP contribution < -0.4 is 9.47 Å². The van der Waals surface area contributed by atoms with E-state index in [1.807, 2.05) is 6.92 Å². The molecule has 100 valence electrons. The standard InChI is InChI=1S/C13H17ClO4/c1-3-4-17-5-6-18-13-10(9-15)7-11(14)8-12(13)16-2/h7-9H,3-6H2,1-2H3. The third-order valence-corrected chi connectivity index (χ3v) is 2.44. The molecular weight excluding hydrogens is 256 g/mol. The molecule has 5 heteroatoms. The zero-order chi connectivity index (χ0) is 13.4. The second-order valence-corrected chi connectivity index (χ2v) is 4.04. The summed E-state index contributed by atoms with van der Waals surface area (Å²) in [6.45, 7) is 3.56. The van der Waals surface area contributed by atoms with Gasteiger partial charge in [0.1, 0.15) is 6.61 Å². The maximum Gasteiger partial charge on any atom is 0.171 e. The lowest BCUT2D eigenvalue weighted by molar-refractivity contribution is 0.0981. The molecule has 0 spiro atoms. The molecule has 1 rings (SSSR count). The van der Waals surface area contributed by atoms with E-state index in [0.717, 1.165) is 6.42 Å². The van der Waals surface area contributed by atoms with Crippen molar-refractivity contribution in [2.75, 3.05) is 26.9 Å². The van der Waals surface area contributed by atoms with Crippen molar-refractivity contribution in [3.8, 4) is 11.5 Å². The fourth-order valence-electron chi connectivity index (χ4n) is 1.43. The first kappa shape index (κ1) is 14.8. The quantitative estimate of drug-likeness (QED) is 0.539. The molecule has 0 heterocycles. The summed E-state index contributed by atoms with van der Waals surface area (Å²) < 4.78 is 15.9. The number of methoxy groups -OCH3 is 1. The van der Waals surface area contributed by atoms with E-state index in [0.29, 0.717) is 48.2 Å². The molecule has 0 amide bonds. The van der Waals surface area contributed by atoms with E-state index in [-0.39, 0.29) is 0 Å². The summed E-state index contributed by atoms with van der Waals surface area (Å²) in [7, 11) is 1.50. The number of hydrogen-bond donors (Lipinski definition) is 0. The van der Waals surface area contributed by atoms with Gasteiger partial charge in [0, 0.05) is 17.7 Å². The minimum absolute atomic E-state index is 0.360.